The zero-order chi connectivity index (χ0) is 14.5. The van der Waals surface area contributed by atoms with E-state index in [1.165, 1.54) is 12.3 Å². The maximum atomic E-state index is 11.6. The maximum Gasteiger partial charge on any atom is 0.305 e. The molecule has 7 heteroatoms. The summed E-state index contributed by atoms with van der Waals surface area (Å²) in [6.07, 6.45) is 2.11. The maximum absolute atomic E-state index is 11.6. The molecule has 0 bridgehead atoms. The van der Waals surface area contributed by atoms with E-state index in [9.17, 15) is 9.59 Å². The van der Waals surface area contributed by atoms with Crippen LogP contribution in [0.1, 0.15) is 34.0 Å². The summed E-state index contributed by atoms with van der Waals surface area (Å²) in [6.45, 7) is 3.62. The van der Waals surface area contributed by atoms with Gasteiger partial charge in [-0.3, -0.25) is 20.4 Å². The average molecular weight is 277 g/mol. The second kappa shape index (κ2) is 6.05. The lowest BCUT2D eigenvalue weighted by atomic mass is 10.1. The van der Waals surface area contributed by atoms with Crippen LogP contribution in [0.25, 0.3) is 0 Å². The number of nitrogens with zero attached hydrogens (tertiary/aromatic N) is 1. The van der Waals surface area contributed by atoms with Gasteiger partial charge >= 0.3 is 5.91 Å². The van der Waals surface area contributed by atoms with Crippen LogP contribution in [-0.2, 0) is 11.2 Å². The van der Waals surface area contributed by atoms with Gasteiger partial charge in [-0.2, -0.15) is 0 Å². The van der Waals surface area contributed by atoms with E-state index in [1.54, 1.807) is 13.0 Å². The Bertz CT molecular complexity index is 582. The van der Waals surface area contributed by atoms with Crippen molar-refractivity contribution in [1.29, 1.82) is 0 Å². The topological polar surface area (TPSA) is 97.4 Å². The number of amides is 2. The van der Waals surface area contributed by atoms with E-state index in [2.05, 4.69) is 16.0 Å². The standard InChI is InChI=1S/C13H15N3O4/c1-8-10(9(2)20-16-8)5-6-12(17)14-15-13(18)11-4-3-7-19-11/h3-4,7H,5-6H2,1-2H3,(H,14,17)(H,15,18). The fraction of sp³-hybridized carbons (Fsp3) is 0.308. The minimum Gasteiger partial charge on any atom is -0.459 e. The van der Waals surface area contributed by atoms with E-state index in [0.29, 0.717) is 12.2 Å². The van der Waals surface area contributed by atoms with Gasteiger partial charge in [-0.05, 0) is 32.4 Å². The molecule has 0 aromatic carbocycles. The Labute approximate surface area is 115 Å². The van der Waals surface area contributed by atoms with Crippen LogP contribution >= 0.6 is 0 Å². The summed E-state index contributed by atoms with van der Waals surface area (Å²) in [6, 6.07) is 3.10. The molecule has 0 aliphatic carbocycles. The minimum atomic E-state index is -0.499. The Morgan fingerprint density at radius 1 is 1.30 bits per heavy atom. The summed E-state index contributed by atoms with van der Waals surface area (Å²) in [5.74, 6) is 0.0385. The predicted octanol–water partition coefficient (Wildman–Crippen LogP) is 1.28. The summed E-state index contributed by atoms with van der Waals surface area (Å²) in [5.41, 5.74) is 6.28. The molecule has 2 amide bonds. The number of hydrogen-bond acceptors (Lipinski definition) is 5. The van der Waals surface area contributed by atoms with Crippen LogP contribution in [0.3, 0.4) is 0 Å². The first kappa shape index (κ1) is 13.9. The highest BCUT2D eigenvalue weighted by atomic mass is 16.5. The zero-order valence-electron chi connectivity index (χ0n) is 11.2. The average Bonchev–Trinajstić information content (AvgIpc) is 3.05. The van der Waals surface area contributed by atoms with Crippen molar-refractivity contribution in [3.8, 4) is 0 Å². The van der Waals surface area contributed by atoms with Crippen molar-refractivity contribution in [2.45, 2.75) is 26.7 Å². The molecule has 20 heavy (non-hydrogen) atoms. The molecule has 0 saturated heterocycles. The first-order valence-electron chi connectivity index (χ1n) is 6.12. The van der Waals surface area contributed by atoms with Crippen molar-refractivity contribution >= 4 is 11.8 Å². The molecule has 0 radical (unpaired) electrons. The molecule has 2 N–H and O–H groups in total. The number of carbonyl (C=O) groups excluding carboxylic acids is 2. The molecule has 0 unspecified atom stereocenters. The summed E-state index contributed by atoms with van der Waals surface area (Å²) in [5, 5.41) is 3.81. The van der Waals surface area contributed by atoms with Crippen molar-refractivity contribution in [2.75, 3.05) is 0 Å². The Hall–Kier alpha value is -2.57. The van der Waals surface area contributed by atoms with E-state index in [0.717, 1.165) is 11.3 Å². The molecule has 2 aromatic heterocycles. The second-order valence-corrected chi connectivity index (χ2v) is 4.28. The predicted molar refractivity (Wildman–Crippen MR) is 68.6 cm³/mol. The summed E-state index contributed by atoms with van der Waals surface area (Å²) >= 11 is 0. The van der Waals surface area contributed by atoms with Gasteiger partial charge in [0.2, 0.25) is 5.91 Å². The van der Waals surface area contributed by atoms with Gasteiger partial charge in [-0.15, -0.1) is 0 Å². The Morgan fingerprint density at radius 2 is 2.10 bits per heavy atom. The third-order valence-corrected chi connectivity index (χ3v) is 2.84. The first-order chi connectivity index (χ1) is 9.58. The second-order valence-electron chi connectivity index (χ2n) is 4.28. The van der Waals surface area contributed by atoms with E-state index < -0.39 is 5.91 Å². The zero-order valence-corrected chi connectivity index (χ0v) is 11.2. The number of hydrogen-bond donors (Lipinski definition) is 2. The van der Waals surface area contributed by atoms with Crippen LogP contribution in [0.4, 0.5) is 0 Å². The van der Waals surface area contributed by atoms with Crippen molar-refractivity contribution < 1.29 is 18.5 Å². The van der Waals surface area contributed by atoms with E-state index >= 15 is 0 Å². The molecule has 2 rings (SSSR count). The van der Waals surface area contributed by atoms with Crippen LogP contribution < -0.4 is 10.9 Å². The summed E-state index contributed by atoms with van der Waals surface area (Å²) < 4.78 is 9.90. The van der Waals surface area contributed by atoms with Crippen LogP contribution in [0.5, 0.6) is 0 Å². The van der Waals surface area contributed by atoms with Gasteiger partial charge in [0.25, 0.3) is 0 Å². The van der Waals surface area contributed by atoms with Crippen molar-refractivity contribution in [2.24, 2.45) is 0 Å². The lowest BCUT2D eigenvalue weighted by Crippen LogP contribution is -2.41. The SMILES string of the molecule is Cc1noc(C)c1CCC(=O)NNC(=O)c1ccco1. The van der Waals surface area contributed by atoms with E-state index in [-0.39, 0.29) is 18.1 Å². The highest BCUT2D eigenvalue weighted by molar-refractivity contribution is 5.92. The molecule has 0 saturated carbocycles. The van der Waals surface area contributed by atoms with Crippen LogP contribution in [0.15, 0.2) is 27.3 Å². The number of hydrazine groups is 1. The molecular weight excluding hydrogens is 262 g/mol. The van der Waals surface area contributed by atoms with Gasteiger partial charge < -0.3 is 8.94 Å². The quantitative estimate of drug-likeness (QED) is 0.820. The van der Waals surface area contributed by atoms with Gasteiger partial charge in [0.15, 0.2) is 5.76 Å². The Kier molecular flexibility index (Phi) is 4.19. The first-order valence-corrected chi connectivity index (χ1v) is 6.12. The van der Waals surface area contributed by atoms with Gasteiger partial charge in [-0.25, -0.2) is 0 Å². The molecule has 0 aliphatic rings. The summed E-state index contributed by atoms with van der Waals surface area (Å²) in [7, 11) is 0. The van der Waals surface area contributed by atoms with E-state index in [1.807, 2.05) is 6.92 Å². The lowest BCUT2D eigenvalue weighted by Gasteiger charge is -2.05. The van der Waals surface area contributed by atoms with Crippen molar-refractivity contribution in [3.05, 3.63) is 41.2 Å². The van der Waals surface area contributed by atoms with Gasteiger partial charge in [-0.1, -0.05) is 5.16 Å². The van der Waals surface area contributed by atoms with Gasteiger partial charge in [0, 0.05) is 12.0 Å². The molecule has 0 atom stereocenters. The number of aryl methyl sites for hydroxylation is 2. The molecule has 106 valence electrons. The smallest absolute Gasteiger partial charge is 0.305 e. The molecule has 0 spiro atoms. The Morgan fingerprint density at radius 3 is 2.70 bits per heavy atom. The number of aromatic nitrogens is 1. The normalized spacial score (nSPS) is 10.3. The molecular formula is C13H15N3O4. The molecule has 2 aromatic rings. The fourth-order valence-corrected chi connectivity index (χ4v) is 1.76. The van der Waals surface area contributed by atoms with Crippen LogP contribution in [0, 0.1) is 13.8 Å². The van der Waals surface area contributed by atoms with Crippen LogP contribution in [-0.4, -0.2) is 17.0 Å². The summed E-state index contributed by atoms with van der Waals surface area (Å²) in [4.78, 5) is 23.1. The number of carbonyl (C=O) groups is 2. The van der Waals surface area contributed by atoms with Crippen molar-refractivity contribution in [1.82, 2.24) is 16.0 Å². The van der Waals surface area contributed by atoms with E-state index in [4.69, 9.17) is 8.94 Å². The third kappa shape index (κ3) is 3.25. The molecule has 0 aliphatic heterocycles. The molecule has 0 fully saturated rings. The minimum absolute atomic E-state index is 0.135. The largest absolute Gasteiger partial charge is 0.459 e. The lowest BCUT2D eigenvalue weighted by molar-refractivity contribution is -0.121. The fourth-order valence-electron chi connectivity index (χ4n) is 1.76. The number of nitrogens with one attached hydrogen (secondary N) is 2. The molecule has 2 heterocycles. The number of rotatable bonds is 4. The third-order valence-electron chi connectivity index (χ3n) is 2.84. The Balaban J connectivity index is 1.77. The monoisotopic (exact) mass is 277 g/mol. The van der Waals surface area contributed by atoms with Gasteiger partial charge in [0.05, 0.1) is 12.0 Å². The molecule has 7 nitrogen and oxygen atoms in total. The highest BCUT2D eigenvalue weighted by Crippen LogP contribution is 2.13. The highest BCUT2D eigenvalue weighted by Gasteiger charge is 2.12. The van der Waals surface area contributed by atoms with Crippen molar-refractivity contribution in [3.63, 3.8) is 0 Å². The van der Waals surface area contributed by atoms with Gasteiger partial charge in [0.1, 0.15) is 5.76 Å². The van der Waals surface area contributed by atoms with Crippen LogP contribution in [0.2, 0.25) is 0 Å². The number of furan rings is 1.